The summed E-state index contributed by atoms with van der Waals surface area (Å²) in [5, 5.41) is 4.24. The van der Waals surface area contributed by atoms with Crippen LogP contribution in [0.5, 0.6) is 0 Å². The van der Waals surface area contributed by atoms with Gasteiger partial charge in [0.05, 0.1) is 17.8 Å². The van der Waals surface area contributed by atoms with Gasteiger partial charge in [-0.25, -0.2) is 4.68 Å². The van der Waals surface area contributed by atoms with E-state index in [0.717, 1.165) is 36.9 Å². The Morgan fingerprint density at radius 3 is 2.52 bits per heavy atom. The third-order valence-electron chi connectivity index (χ3n) is 4.17. The molecule has 0 unspecified atom stereocenters. The van der Waals surface area contributed by atoms with Crippen LogP contribution in [-0.2, 0) is 12.7 Å². The van der Waals surface area contributed by atoms with Gasteiger partial charge in [-0.2, -0.15) is 18.3 Å². The number of pyridine rings is 1. The molecule has 1 aliphatic rings. The molecule has 134 valence electrons. The van der Waals surface area contributed by atoms with Crippen LogP contribution < -0.4 is 10.5 Å². The predicted octanol–water partition coefficient (Wildman–Crippen LogP) is 1.46. The van der Waals surface area contributed by atoms with Crippen molar-refractivity contribution >= 4 is 5.82 Å². The smallest absolute Gasteiger partial charge is 0.353 e. The highest BCUT2D eigenvalue weighted by atomic mass is 19.4. The lowest BCUT2D eigenvalue weighted by Gasteiger charge is -2.33. The van der Waals surface area contributed by atoms with Gasteiger partial charge in [0.2, 0.25) is 0 Å². The van der Waals surface area contributed by atoms with E-state index in [1.54, 1.807) is 6.07 Å². The number of alkyl halides is 3. The van der Waals surface area contributed by atoms with E-state index in [4.69, 9.17) is 0 Å². The molecule has 0 aliphatic carbocycles. The van der Waals surface area contributed by atoms with Crippen LogP contribution in [0.1, 0.15) is 11.3 Å². The van der Waals surface area contributed by atoms with Crippen molar-refractivity contribution in [1.29, 1.82) is 0 Å². The van der Waals surface area contributed by atoms with E-state index in [2.05, 4.69) is 15.0 Å². The summed E-state index contributed by atoms with van der Waals surface area (Å²) in [6.45, 7) is 2.90. The second-order valence-electron chi connectivity index (χ2n) is 5.97. The molecular weight excluding hydrogens is 335 g/mol. The van der Waals surface area contributed by atoms with Gasteiger partial charge >= 0.3 is 6.18 Å². The highest BCUT2D eigenvalue weighted by Gasteiger charge is 2.34. The summed E-state index contributed by atoms with van der Waals surface area (Å²) >= 11 is 0. The number of rotatable bonds is 3. The lowest BCUT2D eigenvalue weighted by molar-refractivity contribution is -0.138. The van der Waals surface area contributed by atoms with Gasteiger partial charge in [-0.15, -0.1) is 0 Å². The molecule has 1 saturated heterocycles. The van der Waals surface area contributed by atoms with E-state index >= 15 is 0 Å². The monoisotopic (exact) mass is 353 g/mol. The normalized spacial score (nSPS) is 16.2. The Hall–Kier alpha value is -2.42. The van der Waals surface area contributed by atoms with Crippen molar-refractivity contribution in [3.8, 4) is 0 Å². The Morgan fingerprint density at radius 2 is 1.84 bits per heavy atom. The minimum absolute atomic E-state index is 0.222. The first-order valence-electron chi connectivity index (χ1n) is 7.87. The molecule has 0 radical (unpaired) electrons. The number of piperazine rings is 1. The second kappa shape index (κ2) is 6.83. The molecule has 0 atom stereocenters. The summed E-state index contributed by atoms with van der Waals surface area (Å²) in [6, 6.07) is 5.12. The average molecular weight is 353 g/mol. The number of hydrogen-bond donors (Lipinski definition) is 0. The van der Waals surface area contributed by atoms with Crippen molar-refractivity contribution < 1.29 is 13.2 Å². The Labute approximate surface area is 142 Å². The van der Waals surface area contributed by atoms with Gasteiger partial charge in [0.15, 0.2) is 0 Å². The first-order valence-corrected chi connectivity index (χ1v) is 7.87. The summed E-state index contributed by atoms with van der Waals surface area (Å²) in [5.41, 5.74) is -1.54. The summed E-state index contributed by atoms with van der Waals surface area (Å²) < 4.78 is 40.3. The molecule has 0 bridgehead atoms. The zero-order valence-corrected chi connectivity index (χ0v) is 13.7. The van der Waals surface area contributed by atoms with Crippen LogP contribution in [0.25, 0.3) is 0 Å². The fourth-order valence-corrected chi connectivity index (χ4v) is 2.72. The first-order chi connectivity index (χ1) is 11.8. The van der Waals surface area contributed by atoms with E-state index in [0.29, 0.717) is 5.82 Å². The fraction of sp³-hybridized carbons (Fsp3) is 0.438. The molecule has 0 saturated carbocycles. The van der Waals surface area contributed by atoms with Crippen LogP contribution in [0, 0.1) is 0 Å². The third-order valence-corrected chi connectivity index (χ3v) is 4.17. The molecule has 25 heavy (non-hydrogen) atoms. The van der Waals surface area contributed by atoms with Crippen LogP contribution in [0.4, 0.5) is 19.0 Å². The van der Waals surface area contributed by atoms with Crippen LogP contribution in [-0.4, -0.2) is 52.9 Å². The molecule has 1 aliphatic heterocycles. The second-order valence-corrected chi connectivity index (χ2v) is 5.97. The lowest BCUT2D eigenvalue weighted by Crippen LogP contribution is -2.45. The number of halogens is 3. The fourth-order valence-electron chi connectivity index (χ4n) is 2.72. The predicted molar refractivity (Wildman–Crippen MR) is 86.5 cm³/mol. The Kier molecular flexibility index (Phi) is 4.76. The van der Waals surface area contributed by atoms with Crippen molar-refractivity contribution in [2.75, 3.05) is 38.1 Å². The van der Waals surface area contributed by atoms with Crippen molar-refractivity contribution in [3.05, 3.63) is 52.1 Å². The summed E-state index contributed by atoms with van der Waals surface area (Å²) in [6.07, 6.45) is -3.25. The van der Waals surface area contributed by atoms with Gasteiger partial charge in [-0.3, -0.25) is 9.78 Å². The van der Waals surface area contributed by atoms with Gasteiger partial charge < -0.3 is 9.80 Å². The number of hydrogen-bond acceptors (Lipinski definition) is 5. The van der Waals surface area contributed by atoms with Gasteiger partial charge in [0.1, 0.15) is 5.82 Å². The van der Waals surface area contributed by atoms with Crippen LogP contribution in [0.15, 0.2) is 35.3 Å². The standard InChI is InChI=1S/C16H18F3N5O/c1-22-7-9-23(10-8-22)14-4-5-15(25)24(21-14)11-13-12(16(17,18)19)3-2-6-20-13/h2-6H,7-11H2,1H3. The summed E-state index contributed by atoms with van der Waals surface area (Å²) in [5.74, 6) is 0.581. The zero-order chi connectivity index (χ0) is 18.0. The van der Waals surface area contributed by atoms with Crippen molar-refractivity contribution in [1.82, 2.24) is 19.7 Å². The highest BCUT2D eigenvalue weighted by Crippen LogP contribution is 2.31. The van der Waals surface area contributed by atoms with Gasteiger partial charge in [0.25, 0.3) is 5.56 Å². The molecule has 0 N–H and O–H groups in total. The van der Waals surface area contributed by atoms with Crippen molar-refractivity contribution in [2.24, 2.45) is 0 Å². The van der Waals surface area contributed by atoms with E-state index < -0.39 is 17.3 Å². The number of likely N-dealkylation sites (N-methyl/N-ethyl adjacent to an activating group) is 1. The molecular formula is C16H18F3N5O. The van der Waals surface area contributed by atoms with E-state index in [1.165, 1.54) is 18.3 Å². The molecule has 3 heterocycles. The maximum Gasteiger partial charge on any atom is 0.418 e. The van der Waals surface area contributed by atoms with Crippen LogP contribution in [0.2, 0.25) is 0 Å². The quantitative estimate of drug-likeness (QED) is 0.836. The van der Waals surface area contributed by atoms with E-state index in [-0.39, 0.29) is 12.2 Å². The largest absolute Gasteiger partial charge is 0.418 e. The molecule has 3 rings (SSSR count). The maximum atomic E-state index is 13.1. The number of aromatic nitrogens is 3. The maximum absolute atomic E-state index is 13.1. The lowest BCUT2D eigenvalue weighted by atomic mass is 10.2. The number of anilines is 1. The third kappa shape index (κ3) is 3.98. The molecule has 6 nitrogen and oxygen atoms in total. The molecule has 1 fully saturated rings. The van der Waals surface area contributed by atoms with E-state index in [9.17, 15) is 18.0 Å². The van der Waals surface area contributed by atoms with Crippen molar-refractivity contribution in [3.63, 3.8) is 0 Å². The minimum atomic E-state index is -4.53. The SMILES string of the molecule is CN1CCN(c2ccc(=O)n(Cc3ncccc3C(F)(F)F)n2)CC1. The summed E-state index contributed by atoms with van der Waals surface area (Å²) in [7, 11) is 2.02. The zero-order valence-electron chi connectivity index (χ0n) is 13.7. The van der Waals surface area contributed by atoms with Crippen LogP contribution >= 0.6 is 0 Å². The van der Waals surface area contributed by atoms with Gasteiger partial charge in [-0.1, -0.05) is 0 Å². The van der Waals surface area contributed by atoms with Crippen molar-refractivity contribution in [2.45, 2.75) is 12.7 Å². The average Bonchev–Trinajstić information content (AvgIpc) is 2.57. The molecule has 2 aromatic heterocycles. The Bertz CT molecular complexity index is 797. The highest BCUT2D eigenvalue weighted by molar-refractivity contribution is 5.37. The van der Waals surface area contributed by atoms with Crippen LogP contribution in [0.3, 0.4) is 0 Å². The molecule has 0 amide bonds. The Morgan fingerprint density at radius 1 is 1.12 bits per heavy atom. The topological polar surface area (TPSA) is 54.3 Å². The summed E-state index contributed by atoms with van der Waals surface area (Å²) in [4.78, 5) is 20.0. The number of nitrogens with zero attached hydrogens (tertiary/aromatic N) is 5. The molecule has 0 spiro atoms. The van der Waals surface area contributed by atoms with Gasteiger partial charge in [0, 0.05) is 38.4 Å². The molecule has 0 aromatic carbocycles. The Balaban J connectivity index is 1.89. The van der Waals surface area contributed by atoms with E-state index in [1.807, 2.05) is 11.9 Å². The molecule has 2 aromatic rings. The van der Waals surface area contributed by atoms with Gasteiger partial charge in [-0.05, 0) is 25.2 Å². The first kappa shape index (κ1) is 17.4. The molecule has 9 heteroatoms. The minimum Gasteiger partial charge on any atom is -0.353 e.